The van der Waals surface area contributed by atoms with Gasteiger partial charge in [-0.3, -0.25) is 4.98 Å². The smallest absolute Gasteiger partial charge is 0.337 e. The summed E-state index contributed by atoms with van der Waals surface area (Å²) in [4.78, 5) is 14.5. The van der Waals surface area contributed by atoms with E-state index in [4.69, 9.17) is 5.11 Å². The molecular formula is C12H16N2O4S. The van der Waals surface area contributed by atoms with E-state index >= 15 is 0 Å². The van der Waals surface area contributed by atoms with Crippen molar-refractivity contribution in [2.75, 3.05) is 18.8 Å². The zero-order chi connectivity index (χ0) is 13.9. The van der Waals surface area contributed by atoms with Crippen molar-refractivity contribution in [2.45, 2.75) is 17.7 Å². The molecule has 2 heterocycles. The highest BCUT2D eigenvalue weighted by Crippen LogP contribution is 2.20. The minimum atomic E-state index is -3.47. The predicted octanol–water partition coefficient (Wildman–Crippen LogP) is 0.553. The third-order valence-electron chi connectivity index (χ3n) is 3.23. The lowest BCUT2D eigenvalue weighted by atomic mass is 10.0. The molecule has 1 aliphatic rings. The summed E-state index contributed by atoms with van der Waals surface area (Å²) in [6, 6.07) is 1.17. The number of rotatable bonds is 4. The zero-order valence-corrected chi connectivity index (χ0v) is 11.2. The van der Waals surface area contributed by atoms with Crippen LogP contribution in [0.25, 0.3) is 0 Å². The van der Waals surface area contributed by atoms with Crippen LogP contribution in [0.5, 0.6) is 0 Å². The summed E-state index contributed by atoms with van der Waals surface area (Å²) >= 11 is 0. The van der Waals surface area contributed by atoms with Gasteiger partial charge in [0.2, 0.25) is 0 Å². The maximum Gasteiger partial charge on any atom is 0.337 e. The van der Waals surface area contributed by atoms with Crippen molar-refractivity contribution < 1.29 is 18.3 Å². The molecule has 0 aliphatic carbocycles. The van der Waals surface area contributed by atoms with Crippen LogP contribution >= 0.6 is 0 Å². The highest BCUT2D eigenvalue weighted by atomic mass is 32.2. The second-order valence-corrected chi connectivity index (χ2v) is 6.72. The topological polar surface area (TPSA) is 96.4 Å². The molecule has 0 atom stereocenters. The van der Waals surface area contributed by atoms with Crippen LogP contribution in [0.2, 0.25) is 0 Å². The minimum absolute atomic E-state index is 0.00840. The Bertz CT molecular complexity index is 565. The minimum Gasteiger partial charge on any atom is -0.478 e. The zero-order valence-electron chi connectivity index (χ0n) is 10.4. The van der Waals surface area contributed by atoms with Gasteiger partial charge in [0.1, 0.15) is 0 Å². The first kappa shape index (κ1) is 14.0. The van der Waals surface area contributed by atoms with Gasteiger partial charge < -0.3 is 10.4 Å². The van der Waals surface area contributed by atoms with E-state index in [1.807, 2.05) is 0 Å². The van der Waals surface area contributed by atoms with Gasteiger partial charge in [-0.05, 0) is 37.9 Å². The molecule has 1 aromatic heterocycles. The number of nitrogens with one attached hydrogen (secondary N) is 1. The number of pyridine rings is 1. The Morgan fingerprint density at radius 2 is 2.05 bits per heavy atom. The van der Waals surface area contributed by atoms with Crippen LogP contribution in [-0.4, -0.2) is 43.3 Å². The maximum absolute atomic E-state index is 12.2. The first-order valence-electron chi connectivity index (χ1n) is 6.11. The molecule has 1 fully saturated rings. The van der Waals surface area contributed by atoms with Gasteiger partial charge in [0.05, 0.1) is 16.2 Å². The monoisotopic (exact) mass is 284 g/mol. The Balaban J connectivity index is 2.18. The van der Waals surface area contributed by atoms with E-state index in [2.05, 4.69) is 10.3 Å². The number of carboxylic acid groups (broad SMARTS) is 1. The lowest BCUT2D eigenvalue weighted by Gasteiger charge is -2.22. The van der Waals surface area contributed by atoms with Crippen molar-refractivity contribution in [3.63, 3.8) is 0 Å². The lowest BCUT2D eigenvalue weighted by Crippen LogP contribution is -2.31. The van der Waals surface area contributed by atoms with E-state index < -0.39 is 15.8 Å². The second kappa shape index (κ2) is 5.66. The molecule has 19 heavy (non-hydrogen) atoms. The Kier molecular flexibility index (Phi) is 4.16. The fraction of sp³-hybridized carbons (Fsp3) is 0.500. The highest BCUT2D eigenvalue weighted by Gasteiger charge is 2.23. The van der Waals surface area contributed by atoms with Gasteiger partial charge in [0, 0.05) is 12.4 Å². The Labute approximate surface area is 111 Å². The van der Waals surface area contributed by atoms with Crippen molar-refractivity contribution in [3.05, 3.63) is 24.0 Å². The number of aromatic carboxylic acids is 1. The molecule has 1 aromatic rings. The average Bonchev–Trinajstić information content (AvgIpc) is 2.39. The van der Waals surface area contributed by atoms with Gasteiger partial charge in [0.25, 0.3) is 0 Å². The van der Waals surface area contributed by atoms with E-state index in [9.17, 15) is 13.2 Å². The molecule has 0 spiro atoms. The lowest BCUT2D eigenvalue weighted by molar-refractivity contribution is 0.0696. The van der Waals surface area contributed by atoms with Gasteiger partial charge in [-0.1, -0.05) is 0 Å². The molecule has 0 bridgehead atoms. The van der Waals surface area contributed by atoms with Crippen molar-refractivity contribution in [2.24, 2.45) is 5.92 Å². The number of sulfone groups is 1. The normalized spacial score (nSPS) is 17.3. The standard InChI is InChI=1S/C12H16N2O4S/c15-12(16)10-5-11(7-14-6-10)19(17,18)8-9-1-3-13-4-2-9/h5-7,9,13H,1-4,8H2,(H,15,16). The Hall–Kier alpha value is -1.47. The van der Waals surface area contributed by atoms with Gasteiger partial charge in [-0.25, -0.2) is 13.2 Å². The molecule has 7 heteroatoms. The molecule has 0 radical (unpaired) electrons. The first-order chi connectivity index (χ1) is 8.99. The van der Waals surface area contributed by atoms with Crippen LogP contribution in [0.4, 0.5) is 0 Å². The number of hydrogen-bond donors (Lipinski definition) is 2. The van der Waals surface area contributed by atoms with Gasteiger partial charge in [0.15, 0.2) is 9.84 Å². The predicted molar refractivity (Wildman–Crippen MR) is 68.8 cm³/mol. The van der Waals surface area contributed by atoms with Crippen LogP contribution < -0.4 is 5.32 Å². The van der Waals surface area contributed by atoms with Crippen molar-refractivity contribution in [1.82, 2.24) is 10.3 Å². The Morgan fingerprint density at radius 1 is 1.37 bits per heavy atom. The van der Waals surface area contributed by atoms with Gasteiger partial charge in [-0.15, -0.1) is 0 Å². The molecule has 104 valence electrons. The number of carbonyl (C=O) groups is 1. The molecule has 1 saturated heterocycles. The Morgan fingerprint density at radius 3 is 2.68 bits per heavy atom. The van der Waals surface area contributed by atoms with E-state index in [0.717, 1.165) is 32.1 Å². The maximum atomic E-state index is 12.2. The molecule has 0 aromatic carbocycles. The number of piperidine rings is 1. The number of hydrogen-bond acceptors (Lipinski definition) is 5. The largest absolute Gasteiger partial charge is 0.478 e. The SMILES string of the molecule is O=C(O)c1cncc(S(=O)(=O)CC2CCNCC2)c1. The van der Waals surface area contributed by atoms with Crippen molar-refractivity contribution >= 4 is 15.8 Å². The van der Waals surface area contributed by atoms with E-state index in [0.29, 0.717) is 0 Å². The third-order valence-corrected chi connectivity index (χ3v) is 5.08. The van der Waals surface area contributed by atoms with Crippen LogP contribution in [0, 0.1) is 5.92 Å². The molecule has 2 rings (SSSR count). The van der Waals surface area contributed by atoms with Gasteiger partial charge >= 0.3 is 5.97 Å². The summed E-state index contributed by atoms with van der Waals surface area (Å²) < 4.78 is 24.4. The molecule has 0 unspecified atom stereocenters. The van der Waals surface area contributed by atoms with Crippen molar-refractivity contribution in [3.8, 4) is 0 Å². The summed E-state index contributed by atoms with van der Waals surface area (Å²) in [5.41, 5.74) is -0.105. The molecule has 1 aliphatic heterocycles. The summed E-state index contributed by atoms with van der Waals surface area (Å²) in [6.07, 6.45) is 4.01. The van der Waals surface area contributed by atoms with E-state index in [1.165, 1.54) is 12.3 Å². The summed E-state index contributed by atoms with van der Waals surface area (Å²) in [5.74, 6) is -0.995. The van der Waals surface area contributed by atoms with E-state index in [1.54, 1.807) is 0 Å². The van der Waals surface area contributed by atoms with Crippen LogP contribution in [-0.2, 0) is 9.84 Å². The average molecular weight is 284 g/mol. The van der Waals surface area contributed by atoms with Crippen LogP contribution in [0.15, 0.2) is 23.4 Å². The molecule has 6 nitrogen and oxygen atoms in total. The number of carboxylic acids is 1. The molecule has 0 amide bonds. The molecule has 0 saturated carbocycles. The quantitative estimate of drug-likeness (QED) is 0.838. The van der Waals surface area contributed by atoms with E-state index in [-0.39, 0.29) is 22.1 Å². The summed E-state index contributed by atoms with van der Waals surface area (Å²) in [7, 11) is -3.47. The van der Waals surface area contributed by atoms with Crippen LogP contribution in [0.3, 0.4) is 0 Å². The fourth-order valence-corrected chi connectivity index (χ4v) is 3.84. The van der Waals surface area contributed by atoms with Crippen LogP contribution in [0.1, 0.15) is 23.2 Å². The second-order valence-electron chi connectivity index (χ2n) is 4.69. The van der Waals surface area contributed by atoms with Crippen molar-refractivity contribution in [1.29, 1.82) is 0 Å². The number of nitrogens with zero attached hydrogens (tertiary/aromatic N) is 1. The fourth-order valence-electron chi connectivity index (χ4n) is 2.16. The van der Waals surface area contributed by atoms with Gasteiger partial charge in [-0.2, -0.15) is 0 Å². The highest BCUT2D eigenvalue weighted by molar-refractivity contribution is 7.91. The summed E-state index contributed by atoms with van der Waals surface area (Å²) in [6.45, 7) is 1.65. The first-order valence-corrected chi connectivity index (χ1v) is 7.76. The number of aromatic nitrogens is 1. The third kappa shape index (κ3) is 3.51. The molecule has 2 N–H and O–H groups in total. The molecular weight excluding hydrogens is 268 g/mol. The summed E-state index contributed by atoms with van der Waals surface area (Å²) in [5, 5.41) is 12.0.